The molecule has 39 heavy (non-hydrogen) atoms. The number of aliphatic hydroxyl groups excluding tert-OH is 1. The lowest BCUT2D eigenvalue weighted by Crippen LogP contribution is -2.43. The van der Waals surface area contributed by atoms with Gasteiger partial charge in [0.2, 0.25) is 5.91 Å². The zero-order valence-electron chi connectivity index (χ0n) is 23.2. The minimum Gasteiger partial charge on any atom is -0.480 e. The van der Waals surface area contributed by atoms with Crippen molar-refractivity contribution < 1.29 is 47.8 Å². The van der Waals surface area contributed by atoms with Crippen LogP contribution in [-0.4, -0.2) is 64.9 Å². The van der Waals surface area contributed by atoms with E-state index in [0.717, 1.165) is 51.4 Å². The average Bonchev–Trinajstić information content (AvgIpc) is 2.90. The van der Waals surface area contributed by atoms with Crippen LogP contribution in [0.2, 0.25) is 0 Å². The molecule has 11 nitrogen and oxygen atoms in total. The molecule has 4 N–H and O–H groups in total. The van der Waals surface area contributed by atoms with Crippen molar-refractivity contribution in [2.75, 3.05) is 19.8 Å². The van der Waals surface area contributed by atoms with Gasteiger partial charge < -0.3 is 25.2 Å². The second-order valence-electron chi connectivity index (χ2n) is 8.81. The molecule has 0 saturated carbocycles. The monoisotopic (exact) mass is 575 g/mol. The van der Waals surface area contributed by atoms with Crippen LogP contribution < -0.4 is 5.32 Å². The zero-order valence-corrected chi connectivity index (χ0v) is 24.1. The van der Waals surface area contributed by atoms with Crippen molar-refractivity contribution in [3.05, 3.63) is 36.5 Å². The Balaban J connectivity index is 4.05. The third-order valence-electron chi connectivity index (χ3n) is 5.25. The minimum absolute atomic E-state index is 0.103. The summed E-state index contributed by atoms with van der Waals surface area (Å²) in [6.07, 6.45) is 20.3. The van der Waals surface area contributed by atoms with Gasteiger partial charge in [0.25, 0.3) is 0 Å². The van der Waals surface area contributed by atoms with Crippen molar-refractivity contribution in [3.63, 3.8) is 0 Å². The fourth-order valence-electron chi connectivity index (χ4n) is 3.07. The highest BCUT2D eigenvalue weighted by Gasteiger charge is 2.28. The number of carboxylic acid groups (broad SMARTS) is 1. The molecule has 0 bridgehead atoms. The number of carbonyl (C=O) groups is 3. The molecular formula is C27H46NO10P. The number of aliphatic hydroxyl groups is 1. The number of phosphoric acid groups is 1. The number of allylic oxidation sites excluding steroid dienone is 6. The first-order valence-corrected chi connectivity index (χ1v) is 15.0. The maximum absolute atomic E-state index is 12.1. The third-order valence-corrected chi connectivity index (χ3v) is 6.20. The lowest BCUT2D eigenvalue weighted by atomic mass is 10.1. The molecular weight excluding hydrogens is 529 g/mol. The van der Waals surface area contributed by atoms with E-state index in [2.05, 4.69) is 62.5 Å². The van der Waals surface area contributed by atoms with E-state index in [1.165, 1.54) is 0 Å². The Morgan fingerprint density at radius 1 is 0.846 bits per heavy atom. The summed E-state index contributed by atoms with van der Waals surface area (Å²) in [6, 6.07) is -1.55. The number of amides is 1. The van der Waals surface area contributed by atoms with Crippen molar-refractivity contribution in [2.45, 2.75) is 96.6 Å². The van der Waals surface area contributed by atoms with E-state index in [-0.39, 0.29) is 12.8 Å². The minimum atomic E-state index is -4.72. The van der Waals surface area contributed by atoms with Gasteiger partial charge in [0.05, 0.1) is 13.2 Å². The standard InChI is InChI=1S/C27H46NO10P/c1-3-5-6-7-8-9-10-11-12-13-14-15-16-17-18-19-25(30)28-24(27(32)33)22-38-39(34,35)37-21-23(29)20-36-26(31)4-2/h5-6,8-9,11-12,23-24,29H,3-4,7,10,13-22H2,1-2H3,(H,28,30)(H,32,33)(H,34,35)/b6-5-,9-8-,12-11-. The molecule has 3 atom stereocenters. The van der Waals surface area contributed by atoms with E-state index in [1.807, 2.05) is 0 Å². The van der Waals surface area contributed by atoms with E-state index in [1.54, 1.807) is 6.92 Å². The normalized spacial score (nSPS) is 15.0. The Morgan fingerprint density at radius 2 is 1.44 bits per heavy atom. The van der Waals surface area contributed by atoms with Gasteiger partial charge in [-0.15, -0.1) is 0 Å². The van der Waals surface area contributed by atoms with Crippen molar-refractivity contribution in [1.82, 2.24) is 5.32 Å². The first kappa shape index (κ1) is 36.7. The molecule has 0 heterocycles. The molecule has 0 fully saturated rings. The lowest BCUT2D eigenvalue weighted by molar-refractivity contribution is -0.146. The van der Waals surface area contributed by atoms with Crippen molar-refractivity contribution in [1.29, 1.82) is 0 Å². The summed E-state index contributed by atoms with van der Waals surface area (Å²) < 4.78 is 25.8. The molecule has 1 amide bonds. The predicted octanol–water partition coefficient (Wildman–Crippen LogP) is 4.59. The molecule has 0 radical (unpaired) electrons. The molecule has 224 valence electrons. The van der Waals surface area contributed by atoms with Gasteiger partial charge in [-0.25, -0.2) is 9.36 Å². The molecule has 0 aromatic carbocycles. The van der Waals surface area contributed by atoms with Crippen LogP contribution in [0.5, 0.6) is 0 Å². The van der Waals surface area contributed by atoms with Crippen LogP contribution in [0.15, 0.2) is 36.5 Å². The maximum Gasteiger partial charge on any atom is 0.472 e. The van der Waals surface area contributed by atoms with Crippen molar-refractivity contribution >= 4 is 25.7 Å². The van der Waals surface area contributed by atoms with E-state index in [9.17, 15) is 34.1 Å². The zero-order chi connectivity index (χ0) is 29.4. The summed E-state index contributed by atoms with van der Waals surface area (Å²) in [5.41, 5.74) is 0. The van der Waals surface area contributed by atoms with Crippen LogP contribution >= 0.6 is 7.82 Å². The first-order chi connectivity index (χ1) is 18.6. The molecule has 0 aliphatic heterocycles. The number of esters is 1. The van der Waals surface area contributed by atoms with Gasteiger partial charge in [0, 0.05) is 12.8 Å². The number of carboxylic acids is 1. The fourth-order valence-corrected chi connectivity index (χ4v) is 3.84. The summed E-state index contributed by atoms with van der Waals surface area (Å²) in [6.45, 7) is 1.75. The van der Waals surface area contributed by atoms with Crippen molar-refractivity contribution in [3.8, 4) is 0 Å². The van der Waals surface area contributed by atoms with Crippen LogP contribution in [0.25, 0.3) is 0 Å². The number of ether oxygens (including phenoxy) is 1. The molecule has 12 heteroatoms. The van der Waals surface area contributed by atoms with Gasteiger partial charge in [0.15, 0.2) is 6.04 Å². The van der Waals surface area contributed by atoms with Crippen molar-refractivity contribution in [2.24, 2.45) is 0 Å². The largest absolute Gasteiger partial charge is 0.480 e. The first-order valence-electron chi connectivity index (χ1n) is 13.5. The quantitative estimate of drug-likeness (QED) is 0.0552. The summed E-state index contributed by atoms with van der Waals surface area (Å²) in [5.74, 6) is -2.50. The maximum atomic E-state index is 12.1. The molecule has 0 spiro atoms. The Kier molecular flexibility index (Phi) is 22.2. The van der Waals surface area contributed by atoms with Crippen LogP contribution in [0.4, 0.5) is 0 Å². The van der Waals surface area contributed by atoms with Gasteiger partial charge >= 0.3 is 19.8 Å². The Hall–Kier alpha value is -2.30. The summed E-state index contributed by atoms with van der Waals surface area (Å²) in [5, 5.41) is 21.2. The number of phosphoric ester groups is 1. The second kappa shape index (κ2) is 23.6. The highest BCUT2D eigenvalue weighted by Crippen LogP contribution is 2.43. The SMILES string of the molecule is CC/C=C\C/C=C\C/C=C\CCCCCCCC(=O)NC(COP(=O)(O)OCC(O)COC(=O)CC)C(=O)O. The number of nitrogens with one attached hydrogen (secondary N) is 1. The molecule has 3 unspecified atom stereocenters. The summed E-state index contributed by atoms with van der Waals surface area (Å²) in [4.78, 5) is 44.2. The van der Waals surface area contributed by atoms with E-state index < -0.39 is 57.6 Å². The number of hydrogen-bond acceptors (Lipinski definition) is 8. The smallest absolute Gasteiger partial charge is 0.472 e. The number of aliphatic carboxylic acids is 1. The van der Waals surface area contributed by atoms with Gasteiger partial charge in [-0.3, -0.25) is 18.6 Å². The Morgan fingerprint density at radius 3 is 2.08 bits per heavy atom. The highest BCUT2D eigenvalue weighted by molar-refractivity contribution is 7.47. The fraction of sp³-hybridized carbons (Fsp3) is 0.667. The van der Waals surface area contributed by atoms with Crippen LogP contribution in [-0.2, 0) is 32.7 Å². The molecule has 0 rings (SSSR count). The Labute approximate surface area is 231 Å². The van der Waals surface area contributed by atoms with Gasteiger partial charge in [0.1, 0.15) is 12.7 Å². The highest BCUT2D eigenvalue weighted by atomic mass is 31.2. The average molecular weight is 576 g/mol. The van der Waals surface area contributed by atoms with Gasteiger partial charge in [-0.1, -0.05) is 69.6 Å². The summed E-state index contributed by atoms with van der Waals surface area (Å²) >= 11 is 0. The number of carbonyl (C=O) groups excluding carboxylic acids is 2. The molecule has 0 aliphatic carbocycles. The van der Waals surface area contributed by atoms with E-state index >= 15 is 0 Å². The topological polar surface area (TPSA) is 169 Å². The van der Waals surface area contributed by atoms with Gasteiger partial charge in [-0.05, 0) is 38.5 Å². The number of rotatable bonds is 24. The van der Waals surface area contributed by atoms with Gasteiger partial charge in [-0.2, -0.15) is 0 Å². The van der Waals surface area contributed by atoms with Crippen LogP contribution in [0, 0.1) is 0 Å². The summed E-state index contributed by atoms with van der Waals surface area (Å²) in [7, 11) is -4.72. The molecule has 0 aliphatic rings. The molecule has 0 aromatic rings. The van der Waals surface area contributed by atoms with Crippen LogP contribution in [0.3, 0.4) is 0 Å². The molecule has 0 aromatic heterocycles. The van der Waals surface area contributed by atoms with E-state index in [0.29, 0.717) is 6.42 Å². The van der Waals surface area contributed by atoms with E-state index in [4.69, 9.17) is 0 Å². The third kappa shape index (κ3) is 23.3. The number of hydrogen-bond donors (Lipinski definition) is 4. The predicted molar refractivity (Wildman–Crippen MR) is 148 cm³/mol. The second-order valence-corrected chi connectivity index (χ2v) is 10.3. The number of unbranched alkanes of at least 4 members (excludes halogenated alkanes) is 5. The Bertz CT molecular complexity index is 827. The lowest BCUT2D eigenvalue weighted by Gasteiger charge is -2.18. The van der Waals surface area contributed by atoms with Crippen LogP contribution in [0.1, 0.15) is 84.5 Å². The molecule has 0 saturated heterocycles.